The minimum Gasteiger partial charge on any atom is -0.481 e. The molecular formula is C16H26N4O9S. The van der Waals surface area contributed by atoms with Crippen molar-refractivity contribution in [1.29, 1.82) is 0 Å². The van der Waals surface area contributed by atoms with Gasteiger partial charge in [0.25, 0.3) is 0 Å². The van der Waals surface area contributed by atoms with E-state index in [1.54, 1.807) is 6.26 Å². The Morgan fingerprint density at radius 1 is 0.833 bits per heavy atom. The van der Waals surface area contributed by atoms with Crippen molar-refractivity contribution in [2.75, 3.05) is 18.6 Å². The van der Waals surface area contributed by atoms with Gasteiger partial charge in [0.15, 0.2) is 0 Å². The Morgan fingerprint density at radius 3 is 1.87 bits per heavy atom. The van der Waals surface area contributed by atoms with E-state index in [9.17, 15) is 33.9 Å². The molecule has 0 aromatic carbocycles. The summed E-state index contributed by atoms with van der Waals surface area (Å²) in [4.78, 5) is 69.4. The molecule has 3 amide bonds. The molecule has 0 saturated heterocycles. The van der Waals surface area contributed by atoms with Crippen LogP contribution in [0, 0.1) is 0 Å². The third kappa shape index (κ3) is 11.2. The quantitative estimate of drug-likeness (QED) is 0.139. The molecular weight excluding hydrogens is 424 g/mol. The summed E-state index contributed by atoms with van der Waals surface area (Å²) in [5.41, 5.74) is 5.16. The molecule has 3 atom stereocenters. The number of carboxylic acid groups (broad SMARTS) is 3. The molecule has 14 heteroatoms. The van der Waals surface area contributed by atoms with Gasteiger partial charge in [-0.3, -0.25) is 24.0 Å². The lowest BCUT2D eigenvalue weighted by Gasteiger charge is -2.23. The molecule has 0 heterocycles. The highest BCUT2D eigenvalue weighted by molar-refractivity contribution is 7.98. The Balaban J connectivity index is 5.36. The maximum atomic E-state index is 12.4. The molecule has 0 rings (SSSR count). The van der Waals surface area contributed by atoms with E-state index < -0.39 is 73.1 Å². The van der Waals surface area contributed by atoms with Crippen molar-refractivity contribution in [1.82, 2.24) is 16.0 Å². The van der Waals surface area contributed by atoms with E-state index in [2.05, 4.69) is 16.0 Å². The molecule has 30 heavy (non-hydrogen) atoms. The molecule has 3 unspecified atom stereocenters. The van der Waals surface area contributed by atoms with E-state index in [0.717, 1.165) is 0 Å². The number of rotatable bonds is 15. The largest absolute Gasteiger partial charge is 0.481 e. The highest BCUT2D eigenvalue weighted by Crippen LogP contribution is 2.04. The fraction of sp³-hybridized carbons (Fsp3) is 0.625. The first kappa shape index (κ1) is 27.1. The summed E-state index contributed by atoms with van der Waals surface area (Å²) < 4.78 is 0. The molecule has 0 aromatic heterocycles. The summed E-state index contributed by atoms with van der Waals surface area (Å²) in [5, 5.41) is 33.5. The fourth-order valence-electron chi connectivity index (χ4n) is 2.21. The predicted molar refractivity (Wildman–Crippen MR) is 105 cm³/mol. The van der Waals surface area contributed by atoms with Gasteiger partial charge < -0.3 is 37.0 Å². The SMILES string of the molecule is CSCCC(NC(=O)C(CC(=O)O)NC(=O)C(CCC(=O)O)NC(=O)CN)C(=O)O. The van der Waals surface area contributed by atoms with Crippen LogP contribution in [-0.2, 0) is 28.8 Å². The second-order valence-electron chi connectivity index (χ2n) is 6.10. The van der Waals surface area contributed by atoms with Gasteiger partial charge in [0.05, 0.1) is 13.0 Å². The number of thioether (sulfide) groups is 1. The first-order valence-electron chi connectivity index (χ1n) is 8.77. The summed E-state index contributed by atoms with van der Waals surface area (Å²) in [7, 11) is 0. The lowest BCUT2D eigenvalue weighted by molar-refractivity contribution is -0.143. The summed E-state index contributed by atoms with van der Waals surface area (Å²) in [5.74, 6) is -6.41. The van der Waals surface area contributed by atoms with Gasteiger partial charge >= 0.3 is 17.9 Å². The number of carbonyl (C=O) groups is 6. The smallest absolute Gasteiger partial charge is 0.326 e. The Labute approximate surface area is 176 Å². The van der Waals surface area contributed by atoms with Crippen molar-refractivity contribution in [3.63, 3.8) is 0 Å². The zero-order valence-corrected chi connectivity index (χ0v) is 17.1. The van der Waals surface area contributed by atoms with Crippen LogP contribution in [0.4, 0.5) is 0 Å². The predicted octanol–water partition coefficient (Wildman–Crippen LogP) is -2.42. The van der Waals surface area contributed by atoms with Crippen molar-refractivity contribution >= 4 is 47.4 Å². The van der Waals surface area contributed by atoms with Gasteiger partial charge in [0.1, 0.15) is 18.1 Å². The molecule has 0 aliphatic carbocycles. The average molecular weight is 450 g/mol. The highest BCUT2D eigenvalue weighted by atomic mass is 32.2. The molecule has 0 aliphatic heterocycles. The van der Waals surface area contributed by atoms with Crippen LogP contribution in [0.25, 0.3) is 0 Å². The number of aliphatic carboxylic acids is 3. The number of nitrogens with two attached hydrogens (primary N) is 1. The third-order valence-corrected chi connectivity index (χ3v) is 4.36. The van der Waals surface area contributed by atoms with Crippen molar-refractivity contribution in [2.24, 2.45) is 5.73 Å². The number of hydrogen-bond acceptors (Lipinski definition) is 8. The number of amides is 3. The molecule has 0 spiro atoms. The van der Waals surface area contributed by atoms with Gasteiger partial charge in [-0.2, -0.15) is 11.8 Å². The molecule has 13 nitrogen and oxygen atoms in total. The first-order valence-corrected chi connectivity index (χ1v) is 10.2. The summed E-state index contributed by atoms with van der Waals surface area (Å²) >= 11 is 1.35. The molecule has 0 saturated carbocycles. The Bertz CT molecular complexity index is 659. The average Bonchev–Trinajstić information content (AvgIpc) is 2.66. The van der Waals surface area contributed by atoms with Crippen LogP contribution in [0.3, 0.4) is 0 Å². The molecule has 0 radical (unpaired) electrons. The minimum absolute atomic E-state index is 0.0732. The van der Waals surface area contributed by atoms with Gasteiger partial charge in [-0.05, 0) is 24.9 Å². The van der Waals surface area contributed by atoms with Crippen molar-refractivity contribution < 1.29 is 44.1 Å². The van der Waals surface area contributed by atoms with Gasteiger partial charge in [-0.15, -0.1) is 0 Å². The van der Waals surface area contributed by atoms with Gasteiger partial charge in [0.2, 0.25) is 17.7 Å². The Morgan fingerprint density at radius 2 is 1.40 bits per heavy atom. The van der Waals surface area contributed by atoms with E-state index in [1.165, 1.54) is 11.8 Å². The second kappa shape index (κ2) is 14.2. The second-order valence-corrected chi connectivity index (χ2v) is 7.08. The van der Waals surface area contributed by atoms with Crippen LogP contribution in [0.1, 0.15) is 25.7 Å². The van der Waals surface area contributed by atoms with Crippen molar-refractivity contribution in [2.45, 2.75) is 43.8 Å². The highest BCUT2D eigenvalue weighted by Gasteiger charge is 2.31. The van der Waals surface area contributed by atoms with E-state index in [4.69, 9.17) is 15.9 Å². The maximum Gasteiger partial charge on any atom is 0.326 e. The lowest BCUT2D eigenvalue weighted by atomic mass is 10.1. The Hall–Kier alpha value is -2.87. The lowest BCUT2D eigenvalue weighted by Crippen LogP contribution is -2.56. The van der Waals surface area contributed by atoms with Crippen LogP contribution < -0.4 is 21.7 Å². The Kier molecular flexibility index (Phi) is 12.8. The summed E-state index contributed by atoms with van der Waals surface area (Å²) in [6.07, 6.45) is 0.127. The molecule has 0 aromatic rings. The van der Waals surface area contributed by atoms with E-state index >= 15 is 0 Å². The molecule has 0 fully saturated rings. The first-order chi connectivity index (χ1) is 14.0. The van der Waals surface area contributed by atoms with E-state index in [0.29, 0.717) is 5.75 Å². The molecule has 0 aliphatic rings. The topological polar surface area (TPSA) is 225 Å². The van der Waals surface area contributed by atoms with Gasteiger partial charge in [0, 0.05) is 6.42 Å². The van der Waals surface area contributed by atoms with Gasteiger partial charge in [-0.25, -0.2) is 4.79 Å². The molecule has 170 valence electrons. The van der Waals surface area contributed by atoms with E-state index in [1.807, 2.05) is 0 Å². The standard InChI is InChI=1S/C16H26N4O9S/c1-30-5-4-9(16(28)29)19-15(27)10(6-13(24)25)20-14(26)8(2-3-12(22)23)18-11(21)7-17/h8-10H,2-7,17H2,1H3,(H,18,21)(H,19,27)(H,20,26)(H,22,23)(H,24,25)(H,28,29). The maximum absolute atomic E-state index is 12.4. The van der Waals surface area contributed by atoms with Crippen LogP contribution in [0.15, 0.2) is 0 Å². The van der Waals surface area contributed by atoms with E-state index in [-0.39, 0.29) is 12.8 Å². The molecule has 8 N–H and O–H groups in total. The van der Waals surface area contributed by atoms with Crippen LogP contribution in [0.5, 0.6) is 0 Å². The van der Waals surface area contributed by atoms with Crippen LogP contribution >= 0.6 is 11.8 Å². The van der Waals surface area contributed by atoms with Crippen LogP contribution in [0.2, 0.25) is 0 Å². The molecule has 0 bridgehead atoms. The van der Waals surface area contributed by atoms with Crippen molar-refractivity contribution in [3.05, 3.63) is 0 Å². The van der Waals surface area contributed by atoms with Crippen molar-refractivity contribution in [3.8, 4) is 0 Å². The number of hydrogen-bond donors (Lipinski definition) is 7. The summed E-state index contributed by atoms with van der Waals surface area (Å²) in [6.45, 7) is -0.481. The zero-order chi connectivity index (χ0) is 23.3. The monoisotopic (exact) mass is 450 g/mol. The fourth-order valence-corrected chi connectivity index (χ4v) is 2.68. The number of carbonyl (C=O) groups excluding carboxylic acids is 3. The van der Waals surface area contributed by atoms with Crippen LogP contribution in [-0.4, -0.2) is 87.6 Å². The van der Waals surface area contributed by atoms with Gasteiger partial charge in [-0.1, -0.05) is 0 Å². The third-order valence-electron chi connectivity index (χ3n) is 3.72. The normalized spacial score (nSPS) is 13.4. The zero-order valence-electron chi connectivity index (χ0n) is 16.3. The number of nitrogens with one attached hydrogen (secondary N) is 3. The minimum atomic E-state index is -1.65. The number of carboxylic acids is 3. The summed E-state index contributed by atoms with van der Waals surface area (Å²) in [6, 6.07) is -4.32.